The molecule has 0 fully saturated rings. The number of benzene rings is 1. The topological polar surface area (TPSA) is 125 Å². The Bertz CT molecular complexity index is 1110. The molecule has 1 amide bonds. The second-order valence-corrected chi connectivity index (χ2v) is 7.14. The van der Waals surface area contributed by atoms with Crippen molar-refractivity contribution in [2.45, 2.75) is 13.8 Å². The van der Waals surface area contributed by atoms with E-state index in [1.165, 1.54) is 0 Å². The standard InChI is InChI=1S/C18H14ClN3O6S/c1-3-27-18(24)11-8-13(22(25)26)29-17(11)20-16(23)14-9(2)28-21-15(14)10-6-4-5-7-12(10)19/h4-8H,3H2,1-2H3,(H,20,23). The molecule has 0 unspecified atom stereocenters. The van der Waals surface area contributed by atoms with Crippen molar-refractivity contribution in [3.05, 3.63) is 62.4 Å². The van der Waals surface area contributed by atoms with Crippen molar-refractivity contribution in [1.82, 2.24) is 5.16 Å². The van der Waals surface area contributed by atoms with Crippen LogP contribution >= 0.6 is 22.9 Å². The van der Waals surface area contributed by atoms with E-state index in [1.807, 2.05) is 0 Å². The number of ether oxygens (including phenoxy) is 1. The Hall–Kier alpha value is -3.24. The molecule has 3 rings (SSSR count). The van der Waals surface area contributed by atoms with Crippen LogP contribution in [-0.4, -0.2) is 28.6 Å². The molecule has 1 N–H and O–H groups in total. The van der Waals surface area contributed by atoms with Crippen LogP contribution in [0.1, 0.15) is 33.4 Å². The Morgan fingerprint density at radius 2 is 2.10 bits per heavy atom. The number of carbonyl (C=O) groups is 2. The minimum Gasteiger partial charge on any atom is -0.462 e. The lowest BCUT2D eigenvalue weighted by molar-refractivity contribution is -0.380. The SMILES string of the molecule is CCOC(=O)c1cc([N+](=O)[O-])sc1NC(=O)c1c(-c2ccccc2Cl)noc1C. The lowest BCUT2D eigenvalue weighted by atomic mass is 10.1. The van der Waals surface area contributed by atoms with Crippen LogP contribution in [0.5, 0.6) is 0 Å². The summed E-state index contributed by atoms with van der Waals surface area (Å²) in [4.78, 5) is 35.5. The van der Waals surface area contributed by atoms with E-state index in [1.54, 1.807) is 38.1 Å². The molecule has 150 valence electrons. The molecule has 0 atom stereocenters. The van der Waals surface area contributed by atoms with Crippen LogP contribution in [0, 0.1) is 17.0 Å². The van der Waals surface area contributed by atoms with Gasteiger partial charge in [0.25, 0.3) is 5.91 Å². The van der Waals surface area contributed by atoms with Crippen molar-refractivity contribution in [3.8, 4) is 11.3 Å². The molecule has 0 aliphatic rings. The number of nitro groups is 1. The summed E-state index contributed by atoms with van der Waals surface area (Å²) in [6, 6.07) is 7.84. The highest BCUT2D eigenvalue weighted by Crippen LogP contribution is 2.36. The van der Waals surface area contributed by atoms with E-state index in [0.29, 0.717) is 21.9 Å². The average Bonchev–Trinajstić information content (AvgIpc) is 3.26. The summed E-state index contributed by atoms with van der Waals surface area (Å²) in [5.74, 6) is -1.21. The number of thiophene rings is 1. The van der Waals surface area contributed by atoms with E-state index in [0.717, 1.165) is 6.07 Å². The number of aromatic nitrogens is 1. The minimum absolute atomic E-state index is 0.00846. The number of hydrogen-bond acceptors (Lipinski definition) is 8. The van der Waals surface area contributed by atoms with E-state index in [2.05, 4.69) is 10.5 Å². The lowest BCUT2D eigenvalue weighted by Crippen LogP contribution is -2.15. The van der Waals surface area contributed by atoms with Crippen molar-refractivity contribution in [2.24, 2.45) is 0 Å². The van der Waals surface area contributed by atoms with Gasteiger partial charge in [-0.05, 0) is 31.3 Å². The molecule has 0 saturated heterocycles. The van der Waals surface area contributed by atoms with Crippen LogP contribution in [-0.2, 0) is 4.74 Å². The van der Waals surface area contributed by atoms with Gasteiger partial charge >= 0.3 is 11.0 Å². The zero-order chi connectivity index (χ0) is 21.1. The summed E-state index contributed by atoms with van der Waals surface area (Å²) < 4.78 is 10.1. The number of hydrogen-bond donors (Lipinski definition) is 1. The Morgan fingerprint density at radius 1 is 1.38 bits per heavy atom. The first-order valence-electron chi connectivity index (χ1n) is 8.31. The molecule has 11 heteroatoms. The fourth-order valence-electron chi connectivity index (χ4n) is 2.56. The number of nitrogens with one attached hydrogen (secondary N) is 1. The third kappa shape index (κ3) is 4.13. The van der Waals surface area contributed by atoms with Crippen molar-refractivity contribution < 1.29 is 23.8 Å². The summed E-state index contributed by atoms with van der Waals surface area (Å²) in [5, 5.41) is 17.6. The van der Waals surface area contributed by atoms with Gasteiger partial charge in [0, 0.05) is 11.6 Å². The largest absolute Gasteiger partial charge is 0.462 e. The van der Waals surface area contributed by atoms with Crippen LogP contribution in [0.25, 0.3) is 11.3 Å². The second-order valence-electron chi connectivity index (χ2n) is 5.70. The summed E-state index contributed by atoms with van der Waals surface area (Å²) in [5.41, 5.74) is 0.697. The molecule has 1 aromatic carbocycles. The first-order chi connectivity index (χ1) is 13.8. The monoisotopic (exact) mass is 435 g/mol. The third-order valence-corrected chi connectivity index (χ3v) is 5.17. The summed E-state index contributed by atoms with van der Waals surface area (Å²) in [6.07, 6.45) is 0. The Morgan fingerprint density at radius 3 is 2.76 bits per heavy atom. The molecule has 0 spiro atoms. The maximum absolute atomic E-state index is 12.9. The minimum atomic E-state index is -0.777. The van der Waals surface area contributed by atoms with Gasteiger partial charge in [-0.3, -0.25) is 14.9 Å². The smallest absolute Gasteiger partial charge is 0.341 e. The Kier molecular flexibility index (Phi) is 5.95. The van der Waals surface area contributed by atoms with Crippen molar-refractivity contribution in [1.29, 1.82) is 0 Å². The summed E-state index contributed by atoms with van der Waals surface area (Å²) >= 11 is 6.85. The number of anilines is 1. The predicted molar refractivity (Wildman–Crippen MR) is 107 cm³/mol. The zero-order valence-electron chi connectivity index (χ0n) is 15.2. The molecule has 2 heterocycles. The van der Waals surface area contributed by atoms with Gasteiger partial charge in [-0.2, -0.15) is 0 Å². The number of rotatable bonds is 6. The molecular formula is C18H14ClN3O6S. The van der Waals surface area contributed by atoms with E-state index in [9.17, 15) is 19.7 Å². The highest BCUT2D eigenvalue weighted by atomic mass is 35.5. The highest BCUT2D eigenvalue weighted by Gasteiger charge is 2.28. The van der Waals surface area contributed by atoms with Gasteiger partial charge < -0.3 is 14.6 Å². The van der Waals surface area contributed by atoms with Gasteiger partial charge in [-0.15, -0.1) is 0 Å². The molecule has 0 bridgehead atoms. The normalized spacial score (nSPS) is 10.6. The summed E-state index contributed by atoms with van der Waals surface area (Å²) in [6.45, 7) is 3.23. The number of amides is 1. The maximum Gasteiger partial charge on any atom is 0.341 e. The second kappa shape index (κ2) is 8.41. The fourth-order valence-corrected chi connectivity index (χ4v) is 3.65. The van der Waals surface area contributed by atoms with Gasteiger partial charge in [0.15, 0.2) is 0 Å². The van der Waals surface area contributed by atoms with E-state index < -0.39 is 16.8 Å². The van der Waals surface area contributed by atoms with E-state index in [4.69, 9.17) is 20.9 Å². The molecular weight excluding hydrogens is 422 g/mol. The number of aryl methyl sites for hydroxylation is 1. The van der Waals surface area contributed by atoms with Gasteiger partial charge in [-0.25, -0.2) is 4.79 Å². The van der Waals surface area contributed by atoms with Crippen LogP contribution < -0.4 is 5.32 Å². The first-order valence-corrected chi connectivity index (χ1v) is 9.50. The number of esters is 1. The van der Waals surface area contributed by atoms with Crippen LogP contribution in [0.15, 0.2) is 34.9 Å². The molecule has 0 saturated carbocycles. The van der Waals surface area contributed by atoms with Crippen LogP contribution in [0.2, 0.25) is 5.02 Å². The van der Waals surface area contributed by atoms with Gasteiger partial charge in [0.1, 0.15) is 27.6 Å². The zero-order valence-corrected chi connectivity index (χ0v) is 16.8. The molecule has 2 aromatic heterocycles. The lowest BCUT2D eigenvalue weighted by Gasteiger charge is -2.07. The predicted octanol–water partition coefficient (Wildman–Crippen LogP) is 4.70. The fraction of sp³-hybridized carbons (Fsp3) is 0.167. The first kappa shape index (κ1) is 20.5. The van der Waals surface area contributed by atoms with Gasteiger partial charge in [-0.1, -0.05) is 35.0 Å². The van der Waals surface area contributed by atoms with Crippen molar-refractivity contribution in [2.75, 3.05) is 11.9 Å². The molecule has 0 aliphatic carbocycles. The van der Waals surface area contributed by atoms with Gasteiger partial charge in [0.05, 0.1) is 16.6 Å². The molecule has 29 heavy (non-hydrogen) atoms. The van der Waals surface area contributed by atoms with Crippen LogP contribution in [0.4, 0.5) is 10.0 Å². The van der Waals surface area contributed by atoms with Crippen molar-refractivity contribution >= 4 is 44.8 Å². The summed E-state index contributed by atoms with van der Waals surface area (Å²) in [7, 11) is 0. The van der Waals surface area contributed by atoms with E-state index >= 15 is 0 Å². The molecule has 0 aliphatic heterocycles. The quantitative estimate of drug-likeness (QED) is 0.338. The average molecular weight is 436 g/mol. The Labute approximate surface area is 173 Å². The highest BCUT2D eigenvalue weighted by molar-refractivity contribution is 7.19. The molecule has 0 radical (unpaired) electrons. The Balaban J connectivity index is 2.00. The third-order valence-electron chi connectivity index (χ3n) is 3.84. The molecule has 3 aromatic rings. The van der Waals surface area contributed by atoms with Crippen molar-refractivity contribution in [3.63, 3.8) is 0 Å². The van der Waals surface area contributed by atoms with Gasteiger partial charge in [0.2, 0.25) is 0 Å². The maximum atomic E-state index is 12.9. The van der Waals surface area contributed by atoms with Crippen LogP contribution in [0.3, 0.4) is 0 Å². The van der Waals surface area contributed by atoms with E-state index in [-0.39, 0.29) is 39.2 Å². The number of carbonyl (C=O) groups excluding carboxylic acids is 2. The number of halogens is 1. The number of nitrogens with zero attached hydrogens (tertiary/aromatic N) is 2. The molecule has 9 nitrogen and oxygen atoms in total.